The molecule has 9 heteroatoms. The maximum Gasteiger partial charge on any atom is 0.435 e. The number of hydrogen-bond acceptors (Lipinski definition) is 6. The molecule has 1 saturated heterocycles. The summed E-state index contributed by atoms with van der Waals surface area (Å²) in [5.41, 5.74) is 2.45. The molecule has 0 saturated carbocycles. The first-order valence-corrected chi connectivity index (χ1v) is 11.8. The van der Waals surface area contributed by atoms with E-state index >= 15 is 0 Å². The minimum Gasteiger partial charge on any atom is -0.464 e. The Morgan fingerprint density at radius 2 is 1.72 bits per heavy atom. The highest BCUT2D eigenvalue weighted by Crippen LogP contribution is 2.29. The van der Waals surface area contributed by atoms with Crippen LogP contribution in [0.1, 0.15) is 33.3 Å². The number of rotatable bonds is 6. The van der Waals surface area contributed by atoms with Gasteiger partial charge in [-0.05, 0) is 51.0 Å². The minimum atomic E-state index is -0.748. The summed E-state index contributed by atoms with van der Waals surface area (Å²) in [5.74, 6) is -0.441. The molecule has 2 aromatic carbocycles. The van der Waals surface area contributed by atoms with Crippen LogP contribution >= 0.6 is 0 Å². The Bertz CT molecular complexity index is 1230. The Morgan fingerprint density at radius 3 is 2.36 bits per heavy atom. The van der Waals surface area contributed by atoms with Gasteiger partial charge in [-0.15, -0.1) is 0 Å². The van der Waals surface area contributed by atoms with Crippen molar-refractivity contribution in [2.24, 2.45) is 0 Å². The lowest BCUT2D eigenvalue weighted by molar-refractivity contribution is -0.144. The molecule has 0 bridgehead atoms. The predicted octanol–water partition coefficient (Wildman–Crippen LogP) is 4.71. The molecule has 1 aliphatic rings. The number of carbonyl (C=O) groups excluding carboxylic acids is 3. The average molecular weight is 491 g/mol. The Kier molecular flexibility index (Phi) is 7.10. The van der Waals surface area contributed by atoms with Gasteiger partial charge >= 0.3 is 18.1 Å². The zero-order valence-electron chi connectivity index (χ0n) is 20.9. The number of anilines is 1. The van der Waals surface area contributed by atoms with Crippen LogP contribution in [-0.4, -0.2) is 57.6 Å². The van der Waals surface area contributed by atoms with E-state index in [9.17, 15) is 14.4 Å². The number of nitrogens with zero attached hydrogens (tertiary/aromatic N) is 4. The van der Waals surface area contributed by atoms with Gasteiger partial charge in [0.2, 0.25) is 0 Å². The molecule has 0 spiro atoms. The van der Waals surface area contributed by atoms with E-state index in [2.05, 4.69) is 5.10 Å². The smallest absolute Gasteiger partial charge is 0.435 e. The van der Waals surface area contributed by atoms with Crippen LogP contribution < -0.4 is 4.90 Å². The van der Waals surface area contributed by atoms with Crippen LogP contribution in [0, 0.1) is 0 Å². The van der Waals surface area contributed by atoms with E-state index < -0.39 is 23.7 Å². The number of esters is 1. The molecule has 1 unspecified atom stereocenters. The number of aromatic nitrogens is 2. The second-order valence-electron chi connectivity index (χ2n) is 9.49. The molecular weight excluding hydrogens is 460 g/mol. The Hall–Kier alpha value is -4.14. The topological polar surface area (TPSA) is 94.0 Å². The van der Waals surface area contributed by atoms with Crippen molar-refractivity contribution in [1.82, 2.24) is 14.7 Å². The van der Waals surface area contributed by atoms with Crippen molar-refractivity contribution in [3.05, 3.63) is 72.6 Å². The van der Waals surface area contributed by atoms with E-state index in [0.29, 0.717) is 17.8 Å². The maximum absolute atomic E-state index is 13.4. The first kappa shape index (κ1) is 25.0. The summed E-state index contributed by atoms with van der Waals surface area (Å²) >= 11 is 0. The van der Waals surface area contributed by atoms with Crippen LogP contribution in [0.5, 0.6) is 0 Å². The third kappa shape index (κ3) is 5.56. The molecule has 1 atom stereocenters. The Labute approximate surface area is 210 Å². The van der Waals surface area contributed by atoms with E-state index in [-0.39, 0.29) is 19.2 Å². The van der Waals surface area contributed by atoms with Crippen molar-refractivity contribution >= 4 is 23.8 Å². The van der Waals surface area contributed by atoms with Gasteiger partial charge in [-0.1, -0.05) is 42.5 Å². The average Bonchev–Trinajstić information content (AvgIpc) is 3.45. The highest BCUT2D eigenvalue weighted by molar-refractivity contribution is 6.02. The van der Waals surface area contributed by atoms with E-state index in [1.165, 1.54) is 4.90 Å². The van der Waals surface area contributed by atoms with Crippen LogP contribution in [0.25, 0.3) is 11.1 Å². The fourth-order valence-corrected chi connectivity index (χ4v) is 3.99. The van der Waals surface area contributed by atoms with Crippen molar-refractivity contribution in [1.29, 1.82) is 0 Å². The summed E-state index contributed by atoms with van der Waals surface area (Å²) in [4.78, 5) is 41.5. The summed E-state index contributed by atoms with van der Waals surface area (Å²) in [6, 6.07) is 15.8. The first-order chi connectivity index (χ1) is 17.2. The van der Waals surface area contributed by atoms with Gasteiger partial charge in [0.05, 0.1) is 19.3 Å². The van der Waals surface area contributed by atoms with Gasteiger partial charge in [0.1, 0.15) is 5.60 Å². The van der Waals surface area contributed by atoms with Crippen molar-refractivity contribution < 1.29 is 23.9 Å². The molecule has 188 valence electrons. The number of urea groups is 1. The molecule has 36 heavy (non-hydrogen) atoms. The molecule has 1 fully saturated rings. The van der Waals surface area contributed by atoms with E-state index in [4.69, 9.17) is 9.47 Å². The van der Waals surface area contributed by atoms with Gasteiger partial charge in [-0.3, -0.25) is 4.90 Å². The zero-order chi connectivity index (χ0) is 25.9. The number of amides is 2. The van der Waals surface area contributed by atoms with Crippen LogP contribution in [0.4, 0.5) is 15.3 Å². The first-order valence-electron chi connectivity index (χ1n) is 11.8. The molecule has 4 rings (SSSR count). The molecule has 3 aromatic rings. The highest BCUT2D eigenvalue weighted by atomic mass is 16.6. The van der Waals surface area contributed by atoms with Gasteiger partial charge in [0.15, 0.2) is 6.04 Å². The van der Waals surface area contributed by atoms with Crippen molar-refractivity contribution in [2.45, 2.75) is 45.9 Å². The molecule has 2 heterocycles. The Balaban J connectivity index is 1.55. The molecule has 1 aromatic heterocycles. The van der Waals surface area contributed by atoms with Crippen LogP contribution in [-0.2, 0) is 20.8 Å². The molecular formula is C27H30N4O5. The second-order valence-corrected chi connectivity index (χ2v) is 9.49. The van der Waals surface area contributed by atoms with E-state index in [1.807, 2.05) is 42.5 Å². The summed E-state index contributed by atoms with van der Waals surface area (Å²) < 4.78 is 11.8. The van der Waals surface area contributed by atoms with Gasteiger partial charge in [0, 0.05) is 24.0 Å². The number of benzene rings is 2. The van der Waals surface area contributed by atoms with Gasteiger partial charge < -0.3 is 14.4 Å². The molecule has 0 radical (unpaired) electrons. The fourth-order valence-electron chi connectivity index (χ4n) is 3.99. The van der Waals surface area contributed by atoms with Crippen molar-refractivity contribution in [3.63, 3.8) is 0 Å². The number of carbonyl (C=O) groups is 3. The van der Waals surface area contributed by atoms with Crippen molar-refractivity contribution in [3.8, 4) is 11.1 Å². The van der Waals surface area contributed by atoms with E-state index in [1.54, 1.807) is 57.1 Å². The number of hydrogen-bond donors (Lipinski definition) is 0. The molecule has 9 nitrogen and oxygen atoms in total. The molecule has 2 amide bonds. The third-order valence-electron chi connectivity index (χ3n) is 5.60. The largest absolute Gasteiger partial charge is 0.464 e. The lowest BCUT2D eigenvalue weighted by Gasteiger charge is -2.22. The molecule has 1 aliphatic heterocycles. The van der Waals surface area contributed by atoms with Gasteiger partial charge in [0.25, 0.3) is 0 Å². The fraction of sp³-hybridized carbons (Fsp3) is 0.333. The summed E-state index contributed by atoms with van der Waals surface area (Å²) in [6.45, 7) is 7.98. The molecule has 0 N–H and O–H groups in total. The minimum absolute atomic E-state index is 0.233. The van der Waals surface area contributed by atoms with Crippen LogP contribution in [0.2, 0.25) is 0 Å². The second kappa shape index (κ2) is 10.2. The van der Waals surface area contributed by atoms with Gasteiger partial charge in [-0.25, -0.2) is 14.4 Å². The highest BCUT2D eigenvalue weighted by Gasteiger charge is 2.43. The normalized spacial score (nSPS) is 15.8. The predicted molar refractivity (Wildman–Crippen MR) is 134 cm³/mol. The zero-order valence-corrected chi connectivity index (χ0v) is 20.9. The monoisotopic (exact) mass is 490 g/mol. The maximum atomic E-state index is 13.4. The Morgan fingerprint density at radius 1 is 1.03 bits per heavy atom. The van der Waals surface area contributed by atoms with Crippen LogP contribution in [0.15, 0.2) is 67.0 Å². The quantitative estimate of drug-likeness (QED) is 0.465. The van der Waals surface area contributed by atoms with E-state index in [0.717, 1.165) is 15.8 Å². The number of ether oxygens (including phenoxy) is 2. The summed E-state index contributed by atoms with van der Waals surface area (Å²) in [6.07, 6.45) is 2.60. The summed E-state index contributed by atoms with van der Waals surface area (Å²) in [7, 11) is 0. The summed E-state index contributed by atoms with van der Waals surface area (Å²) in [5, 5.41) is 4.10. The SMILES string of the molecule is CCOC(=O)C1CN(Cc2ccccc2)C(=O)N1c1ccc(-c2cnn(C(=O)OC(C)(C)C)c2)cc1. The van der Waals surface area contributed by atoms with Crippen molar-refractivity contribution in [2.75, 3.05) is 18.1 Å². The molecule has 0 aliphatic carbocycles. The van der Waals surface area contributed by atoms with Crippen LogP contribution in [0.3, 0.4) is 0 Å². The van der Waals surface area contributed by atoms with Gasteiger partial charge in [-0.2, -0.15) is 9.78 Å². The lowest BCUT2D eigenvalue weighted by Crippen LogP contribution is -2.40. The standard InChI is InChI=1S/C27H30N4O5/c1-5-35-24(32)23-18-29(16-19-9-7-6-8-10-19)25(33)31(23)22-13-11-20(12-14-22)21-15-28-30(17-21)26(34)36-27(2,3)4/h6-15,17,23H,5,16,18H2,1-4H3. The lowest BCUT2D eigenvalue weighted by atomic mass is 10.1. The third-order valence-corrected chi connectivity index (χ3v) is 5.60.